The van der Waals surface area contributed by atoms with E-state index >= 15 is 0 Å². The zero-order chi connectivity index (χ0) is 14.1. The normalized spacial score (nSPS) is 15.0. The van der Waals surface area contributed by atoms with Gasteiger partial charge < -0.3 is 10.2 Å². The highest BCUT2D eigenvalue weighted by Crippen LogP contribution is 2.19. The van der Waals surface area contributed by atoms with Gasteiger partial charge in [0, 0.05) is 23.7 Å². The van der Waals surface area contributed by atoms with E-state index in [0.29, 0.717) is 18.8 Å². The van der Waals surface area contributed by atoms with Crippen LogP contribution >= 0.6 is 11.5 Å². The molecule has 4 nitrogen and oxygen atoms in total. The molecule has 0 aliphatic carbocycles. The molecule has 1 aromatic carbocycles. The number of halogens is 1. The fraction of sp³-hybridized carbons (Fsp3) is 0.286. The number of amides is 1. The van der Waals surface area contributed by atoms with E-state index in [1.807, 2.05) is 13.0 Å². The third kappa shape index (κ3) is 2.65. The first kappa shape index (κ1) is 13.1. The third-order valence-corrected chi connectivity index (χ3v) is 3.92. The summed E-state index contributed by atoms with van der Waals surface area (Å²) in [6, 6.07) is 8.26. The number of rotatable bonds is 3. The number of carbonyl (C=O) groups is 1. The summed E-state index contributed by atoms with van der Waals surface area (Å²) >= 11 is 1.34. The van der Waals surface area contributed by atoms with E-state index in [-0.39, 0.29) is 17.8 Å². The third-order valence-electron chi connectivity index (χ3n) is 3.23. The van der Waals surface area contributed by atoms with Gasteiger partial charge in [-0.15, -0.1) is 0 Å². The summed E-state index contributed by atoms with van der Waals surface area (Å²) in [5.41, 5.74) is 1.39. The number of hydrogen-bond acceptors (Lipinski definition) is 4. The Morgan fingerprint density at radius 2 is 2.10 bits per heavy atom. The van der Waals surface area contributed by atoms with Crippen molar-refractivity contribution in [1.82, 2.24) is 9.27 Å². The van der Waals surface area contributed by atoms with Crippen molar-refractivity contribution in [1.29, 1.82) is 0 Å². The molecule has 1 aliphatic heterocycles. The highest BCUT2D eigenvalue weighted by Gasteiger charge is 2.32. The van der Waals surface area contributed by atoms with E-state index in [4.69, 9.17) is 0 Å². The molecular formula is C14H14FN3OS. The number of aryl methyl sites for hydroxylation is 1. The summed E-state index contributed by atoms with van der Waals surface area (Å²) < 4.78 is 16.9. The van der Waals surface area contributed by atoms with Crippen LogP contribution in [0.5, 0.6) is 0 Å². The minimum atomic E-state index is -0.250. The average Bonchev–Trinajstić information content (AvgIpc) is 2.81. The van der Waals surface area contributed by atoms with Crippen LogP contribution in [0.4, 0.5) is 10.1 Å². The number of nitrogens with zero attached hydrogens (tertiary/aromatic N) is 2. The second kappa shape index (κ2) is 5.20. The molecule has 0 unspecified atom stereocenters. The monoisotopic (exact) mass is 291 g/mol. The summed E-state index contributed by atoms with van der Waals surface area (Å²) in [7, 11) is 0. The molecule has 3 rings (SSSR count). The fourth-order valence-electron chi connectivity index (χ4n) is 2.15. The van der Waals surface area contributed by atoms with Gasteiger partial charge in [0.15, 0.2) is 0 Å². The molecule has 1 saturated heterocycles. The van der Waals surface area contributed by atoms with Crippen LogP contribution in [-0.2, 0) is 0 Å². The molecule has 20 heavy (non-hydrogen) atoms. The van der Waals surface area contributed by atoms with Gasteiger partial charge in [0.25, 0.3) is 5.91 Å². The smallest absolute Gasteiger partial charge is 0.273 e. The maximum atomic E-state index is 12.8. The van der Waals surface area contributed by atoms with Crippen molar-refractivity contribution in [3.05, 3.63) is 46.7 Å². The van der Waals surface area contributed by atoms with Crippen LogP contribution in [-0.4, -0.2) is 34.3 Å². The molecule has 0 saturated carbocycles. The molecule has 1 N–H and O–H groups in total. The Labute approximate surface area is 120 Å². The molecule has 1 fully saturated rings. The molecule has 6 heteroatoms. The maximum absolute atomic E-state index is 12.8. The standard InChI is InChI=1S/C14H14FN3OS/c1-9-6-13(17-20-9)14(19)18-7-12(8-18)16-11-4-2-10(15)3-5-11/h2-6,12,16H,7-8H2,1H3. The molecule has 0 radical (unpaired) electrons. The summed E-state index contributed by atoms with van der Waals surface area (Å²) in [5, 5.41) is 3.27. The highest BCUT2D eigenvalue weighted by atomic mass is 32.1. The average molecular weight is 291 g/mol. The van der Waals surface area contributed by atoms with Crippen LogP contribution in [0.2, 0.25) is 0 Å². The lowest BCUT2D eigenvalue weighted by Gasteiger charge is -2.39. The summed E-state index contributed by atoms with van der Waals surface area (Å²) in [5.74, 6) is -0.272. The molecule has 1 aliphatic rings. The zero-order valence-electron chi connectivity index (χ0n) is 11.0. The van der Waals surface area contributed by atoms with Crippen LogP contribution in [0.15, 0.2) is 30.3 Å². The number of aromatic nitrogens is 1. The van der Waals surface area contributed by atoms with Crippen molar-refractivity contribution in [2.24, 2.45) is 0 Å². The van der Waals surface area contributed by atoms with Crippen LogP contribution in [0.3, 0.4) is 0 Å². The Morgan fingerprint density at radius 3 is 2.70 bits per heavy atom. The van der Waals surface area contributed by atoms with E-state index in [9.17, 15) is 9.18 Å². The predicted molar refractivity (Wildman–Crippen MR) is 76.6 cm³/mol. The van der Waals surface area contributed by atoms with Crippen molar-refractivity contribution in [3.63, 3.8) is 0 Å². The summed E-state index contributed by atoms with van der Waals surface area (Å²) in [6.45, 7) is 3.23. The second-order valence-electron chi connectivity index (χ2n) is 4.88. The lowest BCUT2D eigenvalue weighted by molar-refractivity contribution is 0.0620. The molecule has 0 atom stereocenters. The molecule has 1 aromatic heterocycles. The zero-order valence-corrected chi connectivity index (χ0v) is 11.8. The molecule has 2 heterocycles. The first-order valence-corrected chi connectivity index (χ1v) is 7.14. The van der Waals surface area contributed by atoms with Gasteiger partial charge >= 0.3 is 0 Å². The van der Waals surface area contributed by atoms with Gasteiger partial charge in [0.2, 0.25) is 0 Å². The molecule has 104 valence electrons. The van der Waals surface area contributed by atoms with Gasteiger partial charge in [-0.1, -0.05) is 0 Å². The van der Waals surface area contributed by atoms with E-state index in [1.54, 1.807) is 17.0 Å². The van der Waals surface area contributed by atoms with Crippen molar-refractivity contribution >= 4 is 23.1 Å². The van der Waals surface area contributed by atoms with Crippen LogP contribution in [0.25, 0.3) is 0 Å². The molecular weight excluding hydrogens is 277 g/mol. The van der Waals surface area contributed by atoms with Gasteiger partial charge in [0.05, 0.1) is 6.04 Å². The Bertz CT molecular complexity index is 620. The topological polar surface area (TPSA) is 45.2 Å². The van der Waals surface area contributed by atoms with Crippen molar-refractivity contribution < 1.29 is 9.18 Å². The predicted octanol–water partition coefficient (Wildman–Crippen LogP) is 2.53. The minimum absolute atomic E-state index is 0.0218. The van der Waals surface area contributed by atoms with Gasteiger partial charge in [-0.3, -0.25) is 4.79 Å². The molecule has 0 bridgehead atoms. The molecule has 0 spiro atoms. The second-order valence-corrected chi connectivity index (χ2v) is 5.89. The van der Waals surface area contributed by atoms with Crippen molar-refractivity contribution in [3.8, 4) is 0 Å². The lowest BCUT2D eigenvalue weighted by atomic mass is 10.1. The largest absolute Gasteiger partial charge is 0.379 e. The first-order valence-electron chi connectivity index (χ1n) is 6.36. The summed E-state index contributed by atoms with van der Waals surface area (Å²) in [4.78, 5) is 14.9. The fourth-order valence-corrected chi connectivity index (χ4v) is 2.68. The maximum Gasteiger partial charge on any atom is 0.273 e. The van der Waals surface area contributed by atoms with Crippen LogP contribution < -0.4 is 5.32 Å². The Morgan fingerprint density at radius 1 is 1.40 bits per heavy atom. The summed E-state index contributed by atoms with van der Waals surface area (Å²) in [6.07, 6.45) is 0. The Balaban J connectivity index is 1.53. The van der Waals surface area contributed by atoms with Crippen molar-refractivity contribution in [2.75, 3.05) is 18.4 Å². The minimum Gasteiger partial charge on any atom is -0.379 e. The van der Waals surface area contributed by atoms with Crippen molar-refractivity contribution in [2.45, 2.75) is 13.0 Å². The number of likely N-dealkylation sites (tertiary alicyclic amines) is 1. The lowest BCUT2D eigenvalue weighted by Crippen LogP contribution is -2.57. The van der Waals surface area contributed by atoms with Crippen LogP contribution in [0.1, 0.15) is 15.4 Å². The first-order chi connectivity index (χ1) is 9.61. The Hall–Kier alpha value is -1.95. The highest BCUT2D eigenvalue weighted by molar-refractivity contribution is 7.05. The van der Waals surface area contributed by atoms with Crippen LogP contribution in [0, 0.1) is 12.7 Å². The molecule has 2 aromatic rings. The quantitative estimate of drug-likeness (QED) is 0.945. The number of hydrogen-bond donors (Lipinski definition) is 1. The SMILES string of the molecule is Cc1cc(C(=O)N2CC(Nc3ccc(F)cc3)C2)ns1. The number of benzene rings is 1. The number of nitrogens with one attached hydrogen (secondary N) is 1. The van der Waals surface area contributed by atoms with Gasteiger partial charge in [0.1, 0.15) is 11.5 Å². The van der Waals surface area contributed by atoms with E-state index in [2.05, 4.69) is 9.69 Å². The Kier molecular flexibility index (Phi) is 3.40. The number of carbonyl (C=O) groups excluding carboxylic acids is 1. The molecule has 1 amide bonds. The van der Waals surface area contributed by atoms with Gasteiger partial charge in [-0.05, 0) is 48.8 Å². The van der Waals surface area contributed by atoms with E-state index in [1.165, 1.54) is 23.7 Å². The van der Waals surface area contributed by atoms with Gasteiger partial charge in [-0.2, -0.15) is 4.37 Å². The number of anilines is 1. The van der Waals surface area contributed by atoms with E-state index in [0.717, 1.165) is 10.6 Å². The van der Waals surface area contributed by atoms with E-state index < -0.39 is 0 Å². The van der Waals surface area contributed by atoms with Gasteiger partial charge in [-0.25, -0.2) is 4.39 Å².